The first-order valence-corrected chi connectivity index (χ1v) is 12.0. The van der Waals surface area contributed by atoms with Crippen LogP contribution in [0.5, 0.6) is 5.75 Å². The van der Waals surface area contributed by atoms with Gasteiger partial charge in [0.05, 0.1) is 12.2 Å². The number of carbonyl (C=O) groups excluding carboxylic acids is 3. The van der Waals surface area contributed by atoms with Crippen molar-refractivity contribution in [1.29, 1.82) is 0 Å². The summed E-state index contributed by atoms with van der Waals surface area (Å²) < 4.78 is 21.9. The average Bonchev–Trinajstić information content (AvgIpc) is 2.93. The molecule has 1 saturated heterocycles. The summed E-state index contributed by atoms with van der Waals surface area (Å²) in [5, 5.41) is 41.6. The molecule has 0 amide bonds. The highest BCUT2D eigenvalue weighted by molar-refractivity contribution is 6.09. The molecule has 6 atom stereocenters. The number of para-hydroxylation sites is 1. The van der Waals surface area contributed by atoms with Gasteiger partial charge in [-0.25, -0.2) is 9.59 Å². The molecule has 1 fully saturated rings. The van der Waals surface area contributed by atoms with Gasteiger partial charge in [0.15, 0.2) is 18.0 Å². The van der Waals surface area contributed by atoms with E-state index >= 15 is 0 Å². The molecule has 4 N–H and O–H groups in total. The van der Waals surface area contributed by atoms with Gasteiger partial charge in [0.2, 0.25) is 11.9 Å². The predicted molar refractivity (Wildman–Crippen MR) is 129 cm³/mol. The Bertz CT molecular complexity index is 1180. The van der Waals surface area contributed by atoms with Gasteiger partial charge in [-0.1, -0.05) is 42.5 Å². The van der Waals surface area contributed by atoms with Crippen LogP contribution in [0.4, 0.5) is 0 Å². The Hall–Kier alpha value is -3.61. The number of Topliss-reactive ketones (excluding diaryl/α,β-unsaturated/α-hetero) is 1. The lowest BCUT2D eigenvalue weighted by Crippen LogP contribution is -2.61. The number of aliphatic hydroxyl groups is 4. The van der Waals surface area contributed by atoms with Gasteiger partial charge in [-0.2, -0.15) is 0 Å². The number of ketones is 1. The van der Waals surface area contributed by atoms with Gasteiger partial charge >= 0.3 is 11.9 Å². The number of carbonyl (C=O) groups is 3. The third kappa shape index (κ3) is 5.77. The number of esters is 2. The minimum atomic E-state index is -2.36. The standard InChI is InChI=1S/C27H28O11/c28-14-19-21(30)23(38-24(32)16-8-2-1-3-9-16)22(31)25(37-19)36-18-11-5-4-10-17(18)15-35-26(33)27(34)13-7-6-12-20(27)29/h1-5,7-11,13,19,21-23,25,28,30-31,34H,6,12,14-15H2/t19-,21-,22+,23-,25-,27-/m1/s1. The average molecular weight is 529 g/mol. The molecular formula is C27H28O11. The van der Waals surface area contributed by atoms with E-state index in [4.69, 9.17) is 18.9 Å². The van der Waals surface area contributed by atoms with Crippen molar-refractivity contribution < 1.29 is 53.8 Å². The number of hydrogen-bond donors (Lipinski definition) is 4. The lowest BCUT2D eigenvalue weighted by atomic mass is 9.90. The van der Waals surface area contributed by atoms with Crippen LogP contribution in [0.15, 0.2) is 66.7 Å². The Morgan fingerprint density at radius 2 is 1.74 bits per heavy atom. The van der Waals surface area contributed by atoms with Crippen molar-refractivity contribution in [3.05, 3.63) is 77.9 Å². The second-order valence-corrected chi connectivity index (χ2v) is 8.87. The van der Waals surface area contributed by atoms with Crippen LogP contribution in [-0.4, -0.2) is 81.1 Å². The normalized spacial score (nSPS) is 28.9. The molecule has 202 valence electrons. The van der Waals surface area contributed by atoms with E-state index in [1.807, 2.05) is 0 Å². The molecule has 0 unspecified atom stereocenters. The molecule has 2 aliphatic rings. The molecule has 2 aromatic carbocycles. The molecule has 0 spiro atoms. The molecule has 1 aliphatic carbocycles. The lowest BCUT2D eigenvalue weighted by Gasteiger charge is -2.41. The number of ether oxygens (including phenoxy) is 4. The van der Waals surface area contributed by atoms with Crippen LogP contribution >= 0.6 is 0 Å². The van der Waals surface area contributed by atoms with Crippen LogP contribution in [0.25, 0.3) is 0 Å². The molecule has 0 bridgehead atoms. The van der Waals surface area contributed by atoms with E-state index in [0.29, 0.717) is 12.0 Å². The summed E-state index contributed by atoms with van der Waals surface area (Å²) in [7, 11) is 0. The second kappa shape index (κ2) is 11.8. The zero-order valence-electron chi connectivity index (χ0n) is 20.2. The van der Waals surface area contributed by atoms with E-state index < -0.39 is 60.6 Å². The topological polar surface area (TPSA) is 169 Å². The van der Waals surface area contributed by atoms with Crippen LogP contribution < -0.4 is 4.74 Å². The third-order valence-corrected chi connectivity index (χ3v) is 6.28. The van der Waals surface area contributed by atoms with E-state index in [1.165, 1.54) is 24.3 Å². The van der Waals surface area contributed by atoms with Gasteiger partial charge in [0.25, 0.3) is 0 Å². The monoisotopic (exact) mass is 528 g/mol. The van der Waals surface area contributed by atoms with Crippen molar-refractivity contribution in [3.63, 3.8) is 0 Å². The summed E-state index contributed by atoms with van der Waals surface area (Å²) in [4.78, 5) is 37.1. The maximum Gasteiger partial charge on any atom is 0.350 e. The van der Waals surface area contributed by atoms with Gasteiger partial charge in [-0.15, -0.1) is 0 Å². The van der Waals surface area contributed by atoms with Gasteiger partial charge < -0.3 is 39.4 Å². The van der Waals surface area contributed by atoms with Crippen molar-refractivity contribution >= 4 is 17.7 Å². The number of rotatable bonds is 8. The van der Waals surface area contributed by atoms with E-state index in [9.17, 15) is 34.8 Å². The Balaban J connectivity index is 1.48. The summed E-state index contributed by atoms with van der Waals surface area (Å²) in [5.41, 5.74) is -1.87. The number of aliphatic hydroxyl groups excluding tert-OH is 3. The largest absolute Gasteiger partial charge is 0.462 e. The highest BCUT2D eigenvalue weighted by atomic mass is 16.7. The molecule has 11 nitrogen and oxygen atoms in total. The quantitative estimate of drug-likeness (QED) is 0.213. The number of hydrogen-bond acceptors (Lipinski definition) is 11. The van der Waals surface area contributed by atoms with Crippen molar-refractivity contribution in [2.24, 2.45) is 0 Å². The minimum Gasteiger partial charge on any atom is -0.462 e. The second-order valence-electron chi connectivity index (χ2n) is 8.87. The molecular weight excluding hydrogens is 500 g/mol. The molecule has 38 heavy (non-hydrogen) atoms. The highest BCUT2D eigenvalue weighted by Gasteiger charge is 2.48. The van der Waals surface area contributed by atoms with Gasteiger partial charge in [0, 0.05) is 12.0 Å². The van der Waals surface area contributed by atoms with Crippen LogP contribution in [0.1, 0.15) is 28.8 Å². The molecule has 11 heteroatoms. The first-order valence-electron chi connectivity index (χ1n) is 12.0. The van der Waals surface area contributed by atoms with Crippen molar-refractivity contribution in [1.82, 2.24) is 0 Å². The molecule has 0 radical (unpaired) electrons. The van der Waals surface area contributed by atoms with Crippen molar-refractivity contribution in [2.45, 2.75) is 55.8 Å². The van der Waals surface area contributed by atoms with Gasteiger partial charge in [-0.05, 0) is 30.7 Å². The molecule has 1 heterocycles. The lowest BCUT2D eigenvalue weighted by molar-refractivity contribution is -0.277. The van der Waals surface area contributed by atoms with Gasteiger partial charge in [0.1, 0.15) is 24.6 Å². The molecule has 0 saturated carbocycles. The van der Waals surface area contributed by atoms with Crippen LogP contribution in [-0.2, 0) is 30.4 Å². The van der Waals surface area contributed by atoms with E-state index in [2.05, 4.69) is 0 Å². The molecule has 4 rings (SSSR count). The Morgan fingerprint density at radius 3 is 2.45 bits per heavy atom. The van der Waals surface area contributed by atoms with E-state index in [1.54, 1.807) is 36.4 Å². The zero-order chi connectivity index (χ0) is 27.3. The van der Waals surface area contributed by atoms with E-state index in [0.717, 1.165) is 6.08 Å². The van der Waals surface area contributed by atoms with E-state index in [-0.39, 0.29) is 24.3 Å². The maximum absolute atomic E-state index is 12.6. The van der Waals surface area contributed by atoms with Crippen LogP contribution in [0.2, 0.25) is 0 Å². The fourth-order valence-corrected chi connectivity index (χ4v) is 4.11. The first kappa shape index (κ1) is 27.4. The fraction of sp³-hybridized carbons (Fsp3) is 0.370. The summed E-state index contributed by atoms with van der Waals surface area (Å²) in [6.45, 7) is -1.05. The summed E-state index contributed by atoms with van der Waals surface area (Å²) in [5.74, 6) is -2.51. The molecule has 2 aromatic rings. The Morgan fingerprint density at radius 1 is 1.03 bits per heavy atom. The van der Waals surface area contributed by atoms with Crippen LogP contribution in [0, 0.1) is 0 Å². The Kier molecular flexibility index (Phi) is 8.55. The number of benzene rings is 2. The summed E-state index contributed by atoms with van der Waals surface area (Å²) in [6.07, 6.45) is -4.41. The summed E-state index contributed by atoms with van der Waals surface area (Å²) in [6, 6.07) is 14.2. The maximum atomic E-state index is 12.6. The highest BCUT2D eigenvalue weighted by Crippen LogP contribution is 2.29. The van der Waals surface area contributed by atoms with Gasteiger partial charge in [-0.3, -0.25) is 4.79 Å². The number of allylic oxidation sites excluding steroid dienone is 1. The Labute approximate surface area is 217 Å². The first-order chi connectivity index (χ1) is 18.2. The zero-order valence-corrected chi connectivity index (χ0v) is 20.2. The minimum absolute atomic E-state index is 0.00654. The SMILES string of the molecule is O=C(O[C@H]1[C@H](O)[C@H](Oc2ccccc2COC(=O)[C@@]2(O)C=CCCC2=O)O[C@H](CO)[C@H]1O)c1ccccc1. The summed E-state index contributed by atoms with van der Waals surface area (Å²) >= 11 is 0. The molecule has 1 aliphatic heterocycles. The predicted octanol–water partition coefficient (Wildman–Crippen LogP) is 0.423. The fourth-order valence-electron chi connectivity index (χ4n) is 4.11. The smallest absolute Gasteiger partial charge is 0.350 e. The molecule has 0 aromatic heterocycles. The van der Waals surface area contributed by atoms with Crippen LogP contribution in [0.3, 0.4) is 0 Å². The van der Waals surface area contributed by atoms with Crippen molar-refractivity contribution in [3.8, 4) is 5.75 Å². The third-order valence-electron chi connectivity index (χ3n) is 6.28. The van der Waals surface area contributed by atoms with Crippen molar-refractivity contribution in [2.75, 3.05) is 6.61 Å².